The molecule has 1 aliphatic rings. The molecule has 22 heavy (non-hydrogen) atoms. The maximum Gasteiger partial charge on any atom is 0.236 e. The van der Waals surface area contributed by atoms with Crippen molar-refractivity contribution in [2.45, 2.75) is 25.9 Å². The highest BCUT2D eigenvalue weighted by molar-refractivity contribution is 7.10. The van der Waals surface area contributed by atoms with Crippen molar-refractivity contribution < 1.29 is 9.18 Å². The zero-order chi connectivity index (χ0) is 15.5. The third-order valence-corrected chi connectivity index (χ3v) is 5.09. The van der Waals surface area contributed by atoms with E-state index in [1.54, 1.807) is 17.4 Å². The highest BCUT2D eigenvalue weighted by atomic mass is 32.1. The van der Waals surface area contributed by atoms with E-state index in [1.807, 2.05) is 17.9 Å². The van der Waals surface area contributed by atoms with Crippen LogP contribution in [0.4, 0.5) is 4.39 Å². The van der Waals surface area contributed by atoms with Crippen LogP contribution < -0.4 is 5.32 Å². The van der Waals surface area contributed by atoms with Crippen LogP contribution in [0.3, 0.4) is 0 Å². The maximum atomic E-state index is 13.2. The van der Waals surface area contributed by atoms with E-state index in [4.69, 9.17) is 0 Å². The number of carbonyl (C=O) groups is 1. The first-order valence-corrected chi connectivity index (χ1v) is 8.33. The van der Waals surface area contributed by atoms with Gasteiger partial charge in [0.15, 0.2) is 0 Å². The minimum Gasteiger partial charge on any atom is -0.337 e. The Bertz CT molecular complexity index is 670. The van der Waals surface area contributed by atoms with Gasteiger partial charge in [-0.15, -0.1) is 11.3 Å². The number of hydrogen-bond donors (Lipinski definition) is 1. The van der Waals surface area contributed by atoms with Gasteiger partial charge >= 0.3 is 0 Å². The van der Waals surface area contributed by atoms with Gasteiger partial charge < -0.3 is 10.2 Å². The zero-order valence-corrected chi connectivity index (χ0v) is 13.3. The summed E-state index contributed by atoms with van der Waals surface area (Å²) in [5, 5.41) is 5.27. The number of rotatable bonds is 4. The average Bonchev–Trinajstić information content (AvgIpc) is 2.99. The Hall–Kier alpha value is -1.72. The van der Waals surface area contributed by atoms with Crippen molar-refractivity contribution >= 4 is 17.2 Å². The molecule has 2 heterocycles. The number of amides is 1. The number of nitrogens with one attached hydrogen (secondary N) is 1. The Labute approximate surface area is 133 Å². The van der Waals surface area contributed by atoms with Crippen molar-refractivity contribution in [2.24, 2.45) is 0 Å². The fourth-order valence-corrected chi connectivity index (χ4v) is 3.60. The third kappa shape index (κ3) is 3.36. The van der Waals surface area contributed by atoms with E-state index < -0.39 is 0 Å². The van der Waals surface area contributed by atoms with Crippen LogP contribution in [-0.4, -0.2) is 23.9 Å². The van der Waals surface area contributed by atoms with E-state index in [-0.39, 0.29) is 24.3 Å². The molecule has 116 valence electrons. The molecule has 0 aliphatic carbocycles. The van der Waals surface area contributed by atoms with E-state index in [1.165, 1.54) is 22.6 Å². The molecule has 2 aromatic rings. The molecule has 0 radical (unpaired) electrons. The fraction of sp³-hybridized carbons (Fsp3) is 0.353. The first-order valence-electron chi connectivity index (χ1n) is 7.45. The Balaban J connectivity index is 1.54. The normalized spacial score (nSPS) is 15.5. The number of carbonyl (C=O) groups excluding carboxylic acids is 1. The van der Waals surface area contributed by atoms with Crippen molar-refractivity contribution in [1.29, 1.82) is 0 Å². The molecule has 3 nitrogen and oxygen atoms in total. The molecule has 1 N–H and O–H groups in total. The molecule has 0 spiro atoms. The van der Waals surface area contributed by atoms with Gasteiger partial charge in [0, 0.05) is 24.0 Å². The molecule has 1 aromatic heterocycles. The van der Waals surface area contributed by atoms with E-state index in [9.17, 15) is 9.18 Å². The van der Waals surface area contributed by atoms with Crippen molar-refractivity contribution in [2.75, 3.05) is 13.1 Å². The lowest BCUT2D eigenvalue weighted by atomic mass is 10.1. The first-order chi connectivity index (χ1) is 10.6. The van der Waals surface area contributed by atoms with Gasteiger partial charge in [0.05, 0.1) is 6.54 Å². The summed E-state index contributed by atoms with van der Waals surface area (Å²) < 4.78 is 13.2. The van der Waals surface area contributed by atoms with Crippen molar-refractivity contribution in [3.8, 4) is 0 Å². The summed E-state index contributed by atoms with van der Waals surface area (Å²) in [6, 6.07) is 8.52. The standard InChI is InChI=1S/C17H19FN2OS/c1-12(13-3-2-4-15(18)9-13)19-10-17(21)20-7-5-16-14(11-20)6-8-22-16/h2-4,6,8-9,12,19H,5,7,10-11H2,1H3. The molecule has 1 unspecified atom stereocenters. The Morgan fingerprint density at radius 1 is 1.45 bits per heavy atom. The molecular weight excluding hydrogens is 299 g/mol. The molecule has 1 amide bonds. The summed E-state index contributed by atoms with van der Waals surface area (Å²) >= 11 is 1.77. The largest absolute Gasteiger partial charge is 0.337 e. The predicted octanol–water partition coefficient (Wildman–Crippen LogP) is 3.12. The Kier molecular flexibility index (Phi) is 4.55. The predicted molar refractivity (Wildman–Crippen MR) is 86.3 cm³/mol. The van der Waals surface area contributed by atoms with E-state index >= 15 is 0 Å². The highest BCUT2D eigenvalue weighted by Crippen LogP contribution is 2.24. The molecule has 1 aliphatic heterocycles. The number of fused-ring (bicyclic) bond motifs is 1. The van der Waals surface area contributed by atoms with E-state index in [0.717, 1.165) is 18.5 Å². The smallest absolute Gasteiger partial charge is 0.236 e. The van der Waals surface area contributed by atoms with Gasteiger partial charge in [0.2, 0.25) is 5.91 Å². The summed E-state index contributed by atoms with van der Waals surface area (Å²) in [6.45, 7) is 3.70. The molecule has 0 bridgehead atoms. The molecule has 3 rings (SSSR count). The summed E-state index contributed by atoms with van der Waals surface area (Å²) in [7, 11) is 0. The monoisotopic (exact) mass is 318 g/mol. The number of halogens is 1. The van der Waals surface area contributed by atoms with Crippen LogP contribution in [0, 0.1) is 5.82 Å². The van der Waals surface area contributed by atoms with Gasteiger partial charge in [-0.1, -0.05) is 12.1 Å². The fourth-order valence-electron chi connectivity index (χ4n) is 2.71. The van der Waals surface area contributed by atoms with Gasteiger partial charge in [-0.05, 0) is 48.1 Å². The van der Waals surface area contributed by atoms with Crippen LogP contribution in [0.25, 0.3) is 0 Å². The topological polar surface area (TPSA) is 32.3 Å². The van der Waals surface area contributed by atoms with Crippen molar-refractivity contribution in [3.63, 3.8) is 0 Å². The van der Waals surface area contributed by atoms with Crippen LogP contribution in [0.5, 0.6) is 0 Å². The highest BCUT2D eigenvalue weighted by Gasteiger charge is 2.21. The second-order valence-corrected chi connectivity index (χ2v) is 6.59. The van der Waals surface area contributed by atoms with Crippen molar-refractivity contribution in [1.82, 2.24) is 10.2 Å². The molecular formula is C17H19FN2OS. The van der Waals surface area contributed by atoms with Crippen LogP contribution in [0.1, 0.15) is 29.0 Å². The molecule has 0 saturated heterocycles. The van der Waals surface area contributed by atoms with Crippen molar-refractivity contribution in [3.05, 3.63) is 57.5 Å². The minimum atomic E-state index is -0.251. The Morgan fingerprint density at radius 3 is 3.14 bits per heavy atom. The third-order valence-electron chi connectivity index (χ3n) is 4.07. The second-order valence-electron chi connectivity index (χ2n) is 5.59. The van der Waals surface area contributed by atoms with Crippen LogP contribution >= 0.6 is 11.3 Å². The summed E-state index contributed by atoms with van der Waals surface area (Å²) in [5.74, 6) is -0.154. The molecule has 0 saturated carbocycles. The van der Waals surface area contributed by atoms with E-state index in [0.29, 0.717) is 6.54 Å². The van der Waals surface area contributed by atoms with Crippen LogP contribution in [0.2, 0.25) is 0 Å². The zero-order valence-electron chi connectivity index (χ0n) is 12.5. The summed E-state index contributed by atoms with van der Waals surface area (Å²) in [6.07, 6.45) is 0.943. The summed E-state index contributed by atoms with van der Waals surface area (Å²) in [4.78, 5) is 15.6. The van der Waals surface area contributed by atoms with Crippen LogP contribution in [0.15, 0.2) is 35.7 Å². The second kappa shape index (κ2) is 6.58. The van der Waals surface area contributed by atoms with Gasteiger partial charge in [-0.3, -0.25) is 4.79 Å². The number of nitrogens with zero attached hydrogens (tertiary/aromatic N) is 1. The lowest BCUT2D eigenvalue weighted by Crippen LogP contribution is -2.41. The molecule has 5 heteroatoms. The number of benzene rings is 1. The quantitative estimate of drug-likeness (QED) is 0.939. The number of hydrogen-bond acceptors (Lipinski definition) is 3. The van der Waals surface area contributed by atoms with Gasteiger partial charge in [-0.2, -0.15) is 0 Å². The molecule has 1 aromatic carbocycles. The SMILES string of the molecule is CC(NCC(=O)N1CCc2sccc2C1)c1cccc(F)c1. The molecule has 0 fully saturated rings. The van der Waals surface area contributed by atoms with Gasteiger partial charge in [-0.25, -0.2) is 4.39 Å². The molecule has 1 atom stereocenters. The average molecular weight is 318 g/mol. The van der Waals surface area contributed by atoms with Gasteiger partial charge in [0.1, 0.15) is 5.82 Å². The minimum absolute atomic E-state index is 0.0545. The summed E-state index contributed by atoms with van der Waals surface area (Å²) in [5.41, 5.74) is 2.12. The van der Waals surface area contributed by atoms with Gasteiger partial charge in [0.25, 0.3) is 0 Å². The lowest BCUT2D eigenvalue weighted by Gasteiger charge is -2.27. The van der Waals surface area contributed by atoms with Crippen LogP contribution in [-0.2, 0) is 17.8 Å². The Morgan fingerprint density at radius 2 is 2.32 bits per heavy atom. The first kappa shape index (κ1) is 15.2. The lowest BCUT2D eigenvalue weighted by molar-refractivity contribution is -0.131. The number of thiophene rings is 1. The maximum absolute atomic E-state index is 13.2. The van der Waals surface area contributed by atoms with E-state index in [2.05, 4.69) is 16.8 Å².